The van der Waals surface area contributed by atoms with Crippen LogP contribution in [0.3, 0.4) is 0 Å². The van der Waals surface area contributed by atoms with Gasteiger partial charge in [-0.3, -0.25) is 4.90 Å². The van der Waals surface area contributed by atoms with Crippen molar-refractivity contribution in [2.45, 2.75) is 85.8 Å². The molecule has 0 fully saturated rings. The summed E-state index contributed by atoms with van der Waals surface area (Å²) in [6.07, 6.45) is 5.67. The maximum atomic E-state index is 13.3. The van der Waals surface area contributed by atoms with Gasteiger partial charge in [-0.05, 0) is 82.0 Å². The van der Waals surface area contributed by atoms with Gasteiger partial charge in [-0.1, -0.05) is 60.7 Å². The number of unbranched alkanes of at least 4 members (excludes halogenated alkanes) is 4. The number of amides is 2. The Hall–Kier alpha value is -2.54. The Kier molecular flexibility index (Phi) is 11.8. The molecule has 0 radical (unpaired) electrons. The number of benzene rings is 2. The van der Waals surface area contributed by atoms with Gasteiger partial charge in [0.15, 0.2) is 5.60 Å². The van der Waals surface area contributed by atoms with Crippen molar-refractivity contribution in [1.82, 2.24) is 5.32 Å². The Labute approximate surface area is 224 Å². The topological polar surface area (TPSA) is 67.9 Å². The van der Waals surface area contributed by atoms with Crippen molar-refractivity contribution in [2.75, 3.05) is 18.1 Å². The normalized spacial score (nSPS) is 11.2. The molecule has 0 saturated heterocycles. The van der Waals surface area contributed by atoms with Crippen molar-refractivity contribution < 1.29 is 19.1 Å². The zero-order valence-electron chi connectivity index (χ0n) is 22.6. The van der Waals surface area contributed by atoms with Crippen LogP contribution in [0.15, 0.2) is 40.9 Å². The van der Waals surface area contributed by atoms with E-state index in [0.717, 1.165) is 39.7 Å². The molecular formula is C29H41BrN2O4. The number of nitrogens with one attached hydrogen (secondary N) is 1. The van der Waals surface area contributed by atoms with Crippen molar-refractivity contribution >= 4 is 33.6 Å². The summed E-state index contributed by atoms with van der Waals surface area (Å²) >= 11 is 3.56. The maximum absolute atomic E-state index is 13.3. The molecule has 2 rings (SSSR count). The summed E-state index contributed by atoms with van der Waals surface area (Å²) < 4.78 is 11.9. The van der Waals surface area contributed by atoms with Gasteiger partial charge in [0, 0.05) is 17.6 Å². The van der Waals surface area contributed by atoms with Crippen molar-refractivity contribution in [3.8, 4) is 5.75 Å². The minimum Gasteiger partial charge on any atom is -0.476 e. The van der Waals surface area contributed by atoms with E-state index in [1.165, 1.54) is 19.3 Å². The molecule has 7 heteroatoms. The molecule has 0 aliphatic carbocycles. The van der Waals surface area contributed by atoms with Crippen LogP contribution in [0.2, 0.25) is 0 Å². The third-order valence-corrected chi connectivity index (χ3v) is 6.42. The SMILES string of the molecule is CCCCCCCN(C(=O)NCc1ccc(OC(C)(C)C(=O)OCC)cc1)c1c(C)cc(Br)cc1C. The van der Waals surface area contributed by atoms with Gasteiger partial charge in [0.2, 0.25) is 0 Å². The largest absolute Gasteiger partial charge is 0.476 e. The van der Waals surface area contributed by atoms with Crippen LogP contribution in [0.5, 0.6) is 5.75 Å². The zero-order chi connectivity index (χ0) is 26.7. The van der Waals surface area contributed by atoms with Gasteiger partial charge in [-0.25, -0.2) is 9.59 Å². The van der Waals surface area contributed by atoms with Crippen LogP contribution in [0.25, 0.3) is 0 Å². The molecule has 198 valence electrons. The third-order valence-electron chi connectivity index (χ3n) is 5.96. The molecule has 0 spiro atoms. The highest BCUT2D eigenvalue weighted by Gasteiger charge is 2.31. The van der Waals surface area contributed by atoms with Gasteiger partial charge < -0.3 is 14.8 Å². The highest BCUT2D eigenvalue weighted by atomic mass is 79.9. The second kappa shape index (κ2) is 14.3. The van der Waals surface area contributed by atoms with E-state index in [2.05, 4.69) is 40.3 Å². The molecule has 36 heavy (non-hydrogen) atoms. The summed E-state index contributed by atoms with van der Waals surface area (Å²) in [5.74, 6) is 0.160. The monoisotopic (exact) mass is 560 g/mol. The molecule has 2 amide bonds. The quantitative estimate of drug-likeness (QED) is 0.204. The maximum Gasteiger partial charge on any atom is 0.349 e. The molecule has 0 aromatic heterocycles. The van der Waals surface area contributed by atoms with Crippen LogP contribution in [0, 0.1) is 13.8 Å². The van der Waals surface area contributed by atoms with Gasteiger partial charge >= 0.3 is 12.0 Å². The van der Waals surface area contributed by atoms with Crippen molar-refractivity contribution in [2.24, 2.45) is 0 Å². The molecule has 2 aromatic rings. The lowest BCUT2D eigenvalue weighted by Gasteiger charge is -2.27. The van der Waals surface area contributed by atoms with Crippen LogP contribution >= 0.6 is 15.9 Å². The fourth-order valence-corrected chi connectivity index (χ4v) is 4.79. The van der Waals surface area contributed by atoms with E-state index < -0.39 is 11.6 Å². The molecule has 2 aromatic carbocycles. The van der Waals surface area contributed by atoms with Crippen molar-refractivity contribution in [1.29, 1.82) is 0 Å². The number of hydrogen-bond acceptors (Lipinski definition) is 4. The van der Waals surface area contributed by atoms with Crippen LogP contribution in [0.1, 0.15) is 76.5 Å². The van der Waals surface area contributed by atoms with Crippen molar-refractivity contribution in [3.05, 3.63) is 57.6 Å². The first-order valence-corrected chi connectivity index (χ1v) is 13.7. The Morgan fingerprint density at radius 1 is 0.972 bits per heavy atom. The number of esters is 1. The van der Waals surface area contributed by atoms with Gasteiger partial charge in [-0.2, -0.15) is 0 Å². The molecule has 0 aliphatic heterocycles. The molecular weight excluding hydrogens is 520 g/mol. The number of carbonyl (C=O) groups is 2. The fraction of sp³-hybridized carbons (Fsp3) is 0.517. The summed E-state index contributed by atoms with van der Waals surface area (Å²) in [5.41, 5.74) is 2.96. The smallest absolute Gasteiger partial charge is 0.349 e. The lowest BCUT2D eigenvalue weighted by molar-refractivity contribution is -0.158. The molecule has 0 saturated carbocycles. The first-order valence-electron chi connectivity index (χ1n) is 12.9. The molecule has 6 nitrogen and oxygen atoms in total. The summed E-state index contributed by atoms with van der Waals surface area (Å²) in [7, 11) is 0. The van der Waals surface area contributed by atoms with E-state index in [9.17, 15) is 9.59 Å². The van der Waals surface area contributed by atoms with E-state index in [0.29, 0.717) is 25.4 Å². The van der Waals surface area contributed by atoms with E-state index in [4.69, 9.17) is 9.47 Å². The number of ether oxygens (including phenoxy) is 2. The zero-order valence-corrected chi connectivity index (χ0v) is 24.2. The van der Waals surface area contributed by atoms with E-state index >= 15 is 0 Å². The van der Waals surface area contributed by atoms with Crippen molar-refractivity contribution in [3.63, 3.8) is 0 Å². The van der Waals surface area contributed by atoms with Crippen LogP contribution in [-0.2, 0) is 16.1 Å². The molecule has 0 aliphatic rings. The van der Waals surface area contributed by atoms with E-state index in [-0.39, 0.29) is 6.03 Å². The number of anilines is 1. The number of halogens is 1. The summed E-state index contributed by atoms with van der Waals surface area (Å²) in [6, 6.07) is 11.4. The van der Waals surface area contributed by atoms with Crippen LogP contribution < -0.4 is 15.0 Å². The first-order chi connectivity index (χ1) is 17.1. The van der Waals surface area contributed by atoms with Gasteiger partial charge in [0.25, 0.3) is 0 Å². The average Bonchev–Trinajstić information content (AvgIpc) is 2.81. The van der Waals surface area contributed by atoms with Crippen LogP contribution in [0.4, 0.5) is 10.5 Å². The Morgan fingerprint density at radius 2 is 1.58 bits per heavy atom. The summed E-state index contributed by atoms with van der Waals surface area (Å²) in [6.45, 7) is 12.8. The predicted molar refractivity (Wildman–Crippen MR) is 150 cm³/mol. The number of nitrogens with zero attached hydrogens (tertiary/aromatic N) is 1. The third kappa shape index (κ3) is 8.84. The lowest BCUT2D eigenvalue weighted by Crippen LogP contribution is -2.41. The average molecular weight is 562 g/mol. The highest BCUT2D eigenvalue weighted by Crippen LogP contribution is 2.29. The number of carbonyl (C=O) groups excluding carboxylic acids is 2. The van der Waals surface area contributed by atoms with E-state index in [1.807, 2.05) is 30.9 Å². The minimum absolute atomic E-state index is 0.109. The van der Waals surface area contributed by atoms with Gasteiger partial charge in [0.05, 0.1) is 12.3 Å². The fourth-order valence-electron chi connectivity index (χ4n) is 4.11. The molecule has 0 heterocycles. The van der Waals surface area contributed by atoms with Gasteiger partial charge in [-0.15, -0.1) is 0 Å². The molecule has 1 N–H and O–H groups in total. The number of rotatable bonds is 13. The predicted octanol–water partition coefficient (Wildman–Crippen LogP) is 7.47. The molecule has 0 unspecified atom stereocenters. The number of urea groups is 1. The Morgan fingerprint density at radius 3 is 2.17 bits per heavy atom. The Balaban J connectivity index is 2.07. The standard InChI is InChI=1S/C29H41BrN2O4/c1-7-9-10-11-12-17-32(26-21(3)18-24(30)19-22(26)4)28(34)31-20-23-13-15-25(16-14-23)36-29(5,6)27(33)35-8-2/h13-16,18-19H,7-12,17,20H2,1-6H3,(H,31,34). The number of hydrogen-bond donors (Lipinski definition) is 1. The number of aryl methyl sites for hydroxylation is 2. The van der Waals surface area contributed by atoms with E-state index in [1.54, 1.807) is 32.9 Å². The molecule has 0 atom stereocenters. The Bertz CT molecular complexity index is 982. The molecule has 0 bridgehead atoms. The van der Waals surface area contributed by atoms with Gasteiger partial charge in [0.1, 0.15) is 5.75 Å². The highest BCUT2D eigenvalue weighted by molar-refractivity contribution is 9.10. The first kappa shape index (κ1) is 29.7. The summed E-state index contributed by atoms with van der Waals surface area (Å²) in [4.78, 5) is 27.3. The second-order valence-electron chi connectivity index (χ2n) is 9.59. The minimum atomic E-state index is -1.08. The second-order valence-corrected chi connectivity index (χ2v) is 10.5. The summed E-state index contributed by atoms with van der Waals surface area (Å²) in [5, 5.41) is 3.08. The lowest BCUT2D eigenvalue weighted by atomic mass is 10.1. The van der Waals surface area contributed by atoms with Crippen LogP contribution in [-0.4, -0.2) is 30.8 Å².